The average Bonchev–Trinajstić information content (AvgIpc) is 2.90. The maximum absolute atomic E-state index is 5.01. The van der Waals surface area contributed by atoms with E-state index in [4.69, 9.17) is 4.98 Å². The molecular weight excluding hydrogens is 256 g/mol. The van der Waals surface area contributed by atoms with E-state index in [9.17, 15) is 0 Å². The topological polar surface area (TPSA) is 25.8 Å². The molecule has 0 N–H and O–H groups in total. The van der Waals surface area contributed by atoms with Crippen LogP contribution in [0.4, 0.5) is 0 Å². The number of fused-ring (bicyclic) bond motifs is 6. The fourth-order valence-electron chi connectivity index (χ4n) is 3.60. The summed E-state index contributed by atoms with van der Waals surface area (Å²) in [6.07, 6.45) is 5.05. The van der Waals surface area contributed by atoms with Crippen LogP contribution in [0.2, 0.25) is 0 Å². The molecule has 0 radical (unpaired) electrons. The fourth-order valence-corrected chi connectivity index (χ4v) is 3.60. The number of aromatic nitrogens is 2. The molecule has 0 amide bonds. The molecule has 2 heterocycles. The highest BCUT2D eigenvalue weighted by Crippen LogP contribution is 2.39. The van der Waals surface area contributed by atoms with Crippen molar-refractivity contribution in [3.8, 4) is 22.6 Å². The molecule has 2 aliphatic carbocycles. The van der Waals surface area contributed by atoms with Crippen LogP contribution in [-0.4, -0.2) is 9.97 Å². The van der Waals surface area contributed by atoms with Gasteiger partial charge >= 0.3 is 0 Å². The van der Waals surface area contributed by atoms with Crippen molar-refractivity contribution in [2.45, 2.75) is 19.3 Å². The lowest BCUT2D eigenvalue weighted by atomic mass is 9.88. The highest BCUT2D eigenvalue weighted by Gasteiger charge is 2.25. The van der Waals surface area contributed by atoms with Gasteiger partial charge in [-0.3, -0.25) is 4.98 Å². The van der Waals surface area contributed by atoms with Crippen LogP contribution in [0.5, 0.6) is 0 Å². The second kappa shape index (κ2) is 4.01. The largest absolute Gasteiger partial charge is 0.254 e. The van der Waals surface area contributed by atoms with Gasteiger partial charge < -0.3 is 0 Å². The number of aryl methyl sites for hydroxylation is 2. The Balaban J connectivity index is 1.78. The number of pyridine rings is 2. The lowest BCUT2D eigenvalue weighted by Crippen LogP contribution is -2.07. The maximum Gasteiger partial charge on any atom is 0.0932 e. The second-order valence-corrected chi connectivity index (χ2v) is 5.85. The molecule has 5 rings (SSSR count). The summed E-state index contributed by atoms with van der Waals surface area (Å²) in [5, 5.41) is 0. The minimum Gasteiger partial charge on any atom is -0.254 e. The van der Waals surface area contributed by atoms with E-state index in [0.717, 1.165) is 36.3 Å². The summed E-state index contributed by atoms with van der Waals surface area (Å²) in [4.78, 5) is 9.56. The van der Waals surface area contributed by atoms with Gasteiger partial charge in [0.05, 0.1) is 17.1 Å². The molecule has 0 aliphatic heterocycles. The first-order valence-electron chi connectivity index (χ1n) is 7.45. The molecule has 0 saturated heterocycles. The molecule has 2 aliphatic rings. The minimum absolute atomic E-state index is 0.973. The van der Waals surface area contributed by atoms with Gasteiger partial charge in [0, 0.05) is 18.2 Å². The highest BCUT2D eigenvalue weighted by molar-refractivity contribution is 5.77. The third-order valence-electron chi connectivity index (χ3n) is 4.61. The Morgan fingerprint density at radius 1 is 0.714 bits per heavy atom. The Bertz CT molecular complexity index is 880. The van der Waals surface area contributed by atoms with Crippen LogP contribution in [-0.2, 0) is 19.3 Å². The van der Waals surface area contributed by atoms with Crippen molar-refractivity contribution >= 4 is 0 Å². The SMILES string of the molecule is c1ccc2c(c1)CCc1cc3c(nc1-2)-c1ncccc1C3. The molecule has 21 heavy (non-hydrogen) atoms. The summed E-state index contributed by atoms with van der Waals surface area (Å²) >= 11 is 0. The second-order valence-electron chi connectivity index (χ2n) is 5.85. The van der Waals surface area contributed by atoms with E-state index >= 15 is 0 Å². The van der Waals surface area contributed by atoms with Crippen molar-refractivity contribution in [2.75, 3.05) is 0 Å². The maximum atomic E-state index is 5.01. The highest BCUT2D eigenvalue weighted by atomic mass is 14.8. The van der Waals surface area contributed by atoms with E-state index in [1.807, 2.05) is 12.3 Å². The van der Waals surface area contributed by atoms with Gasteiger partial charge in [-0.15, -0.1) is 0 Å². The first kappa shape index (κ1) is 11.2. The molecule has 0 bridgehead atoms. The molecule has 1 aromatic carbocycles. The van der Waals surface area contributed by atoms with Crippen molar-refractivity contribution in [1.29, 1.82) is 0 Å². The van der Waals surface area contributed by atoms with Crippen LogP contribution in [0, 0.1) is 0 Å². The Kier molecular flexibility index (Phi) is 2.14. The Hall–Kier alpha value is -2.48. The van der Waals surface area contributed by atoms with Gasteiger partial charge in [0.2, 0.25) is 0 Å². The zero-order valence-corrected chi connectivity index (χ0v) is 11.6. The van der Waals surface area contributed by atoms with Crippen LogP contribution in [0.1, 0.15) is 22.3 Å². The molecule has 2 heteroatoms. The molecule has 0 saturated carbocycles. The molecular formula is C19H14N2. The third-order valence-corrected chi connectivity index (χ3v) is 4.61. The van der Waals surface area contributed by atoms with Gasteiger partial charge in [-0.25, -0.2) is 4.98 Å². The molecule has 100 valence electrons. The quantitative estimate of drug-likeness (QED) is 0.485. The van der Waals surface area contributed by atoms with Gasteiger partial charge in [0.1, 0.15) is 0 Å². The van der Waals surface area contributed by atoms with Gasteiger partial charge in [0.25, 0.3) is 0 Å². The molecule has 3 aromatic rings. The number of hydrogen-bond acceptors (Lipinski definition) is 2. The summed E-state index contributed by atoms with van der Waals surface area (Å²) in [6, 6.07) is 15.2. The van der Waals surface area contributed by atoms with Crippen LogP contribution in [0.15, 0.2) is 48.7 Å². The van der Waals surface area contributed by atoms with Crippen molar-refractivity contribution in [2.24, 2.45) is 0 Å². The predicted molar refractivity (Wildman–Crippen MR) is 83.1 cm³/mol. The van der Waals surface area contributed by atoms with Crippen molar-refractivity contribution in [1.82, 2.24) is 9.97 Å². The number of hydrogen-bond donors (Lipinski definition) is 0. The van der Waals surface area contributed by atoms with E-state index in [1.54, 1.807) is 0 Å². The summed E-state index contributed by atoms with van der Waals surface area (Å²) in [7, 11) is 0. The molecule has 0 fully saturated rings. The van der Waals surface area contributed by atoms with E-state index in [1.165, 1.54) is 27.8 Å². The summed E-state index contributed by atoms with van der Waals surface area (Å²) in [6.45, 7) is 0. The van der Waals surface area contributed by atoms with E-state index in [0.29, 0.717) is 0 Å². The summed E-state index contributed by atoms with van der Waals surface area (Å²) in [5.74, 6) is 0. The minimum atomic E-state index is 0.973. The smallest absolute Gasteiger partial charge is 0.0932 e. The van der Waals surface area contributed by atoms with E-state index in [-0.39, 0.29) is 0 Å². The van der Waals surface area contributed by atoms with Crippen molar-refractivity contribution < 1.29 is 0 Å². The van der Waals surface area contributed by atoms with Crippen LogP contribution in [0.3, 0.4) is 0 Å². The normalized spacial score (nSPS) is 14.1. The predicted octanol–water partition coefficient (Wildman–Crippen LogP) is 3.81. The molecule has 2 aromatic heterocycles. The summed E-state index contributed by atoms with van der Waals surface area (Å²) < 4.78 is 0. The lowest BCUT2D eigenvalue weighted by Gasteiger charge is -2.19. The monoisotopic (exact) mass is 270 g/mol. The standard InChI is InChI=1S/C19H14N2/c1-2-6-16-12(4-1)7-8-14-11-15-10-13-5-3-9-20-18(13)19(15)21-17(14)16/h1-6,9,11H,7-8,10H2. The zero-order chi connectivity index (χ0) is 13.8. The molecule has 0 unspecified atom stereocenters. The lowest BCUT2D eigenvalue weighted by molar-refractivity contribution is 0.924. The van der Waals surface area contributed by atoms with Gasteiger partial charge in [-0.05, 0) is 41.2 Å². The van der Waals surface area contributed by atoms with Gasteiger partial charge in [0.15, 0.2) is 0 Å². The number of benzene rings is 1. The fraction of sp³-hybridized carbons (Fsp3) is 0.158. The Morgan fingerprint density at radius 3 is 2.57 bits per heavy atom. The zero-order valence-electron chi connectivity index (χ0n) is 11.6. The molecule has 2 nitrogen and oxygen atoms in total. The van der Waals surface area contributed by atoms with Gasteiger partial charge in [-0.1, -0.05) is 36.4 Å². The Labute approximate surface area is 123 Å². The average molecular weight is 270 g/mol. The van der Waals surface area contributed by atoms with Crippen LogP contribution in [0.25, 0.3) is 22.6 Å². The van der Waals surface area contributed by atoms with E-state index < -0.39 is 0 Å². The number of nitrogens with zero attached hydrogens (tertiary/aromatic N) is 2. The van der Waals surface area contributed by atoms with Crippen molar-refractivity contribution in [3.63, 3.8) is 0 Å². The van der Waals surface area contributed by atoms with Crippen LogP contribution >= 0.6 is 0 Å². The molecule has 0 spiro atoms. The first-order chi connectivity index (χ1) is 10.4. The van der Waals surface area contributed by atoms with Gasteiger partial charge in [-0.2, -0.15) is 0 Å². The molecule has 0 atom stereocenters. The third kappa shape index (κ3) is 1.53. The Morgan fingerprint density at radius 2 is 1.57 bits per heavy atom. The first-order valence-corrected chi connectivity index (χ1v) is 7.45. The number of rotatable bonds is 0. The van der Waals surface area contributed by atoms with Crippen LogP contribution < -0.4 is 0 Å². The summed E-state index contributed by atoms with van der Waals surface area (Å²) in [5.41, 5.74) is 10.0. The van der Waals surface area contributed by atoms with Crippen molar-refractivity contribution in [3.05, 3.63) is 70.9 Å². The van der Waals surface area contributed by atoms with E-state index in [2.05, 4.69) is 41.4 Å².